The lowest BCUT2D eigenvalue weighted by atomic mass is 9.99. The van der Waals surface area contributed by atoms with Gasteiger partial charge in [-0.1, -0.05) is 0 Å². The summed E-state index contributed by atoms with van der Waals surface area (Å²) in [5.41, 5.74) is 0. The van der Waals surface area contributed by atoms with E-state index in [2.05, 4.69) is 0 Å². The van der Waals surface area contributed by atoms with E-state index in [1.54, 1.807) is 0 Å². The highest BCUT2D eigenvalue weighted by Gasteiger charge is 2.50. The van der Waals surface area contributed by atoms with Crippen LogP contribution < -0.4 is 0 Å². The molecule has 2 rings (SSSR count). The number of aliphatic hydroxyl groups excluding tert-OH is 5. The second kappa shape index (κ2) is 8.45. The van der Waals surface area contributed by atoms with Gasteiger partial charge in [0.15, 0.2) is 12.6 Å². The average Bonchev–Trinajstić information content (AvgIpc) is 2.79. The van der Waals surface area contributed by atoms with Crippen LogP contribution in [0.1, 0.15) is 0 Å². The lowest BCUT2D eigenvalue weighted by molar-refractivity contribution is -0.332. The SMILES string of the molecule is CO[C@H]1O[C@H](CO)[C@@H](O)[C@H](O)[C@@H]1O[C@H]1O[C@H](CS(C)=O)[C@H](O)[C@H]1O. The van der Waals surface area contributed by atoms with Crippen molar-refractivity contribution in [2.75, 3.05) is 25.7 Å². The van der Waals surface area contributed by atoms with Gasteiger partial charge in [-0.2, -0.15) is 0 Å². The largest absolute Gasteiger partial charge is 0.394 e. The summed E-state index contributed by atoms with van der Waals surface area (Å²) in [4.78, 5) is 0. The van der Waals surface area contributed by atoms with Gasteiger partial charge < -0.3 is 44.5 Å². The van der Waals surface area contributed by atoms with E-state index in [0.29, 0.717) is 0 Å². The molecule has 0 amide bonds. The molecule has 1 unspecified atom stereocenters. The zero-order chi connectivity index (χ0) is 18.0. The van der Waals surface area contributed by atoms with Crippen molar-refractivity contribution in [2.45, 2.75) is 55.3 Å². The molecular weight excluding hydrogens is 348 g/mol. The molecule has 0 radical (unpaired) electrons. The number of hydrogen-bond acceptors (Lipinski definition) is 10. The molecule has 10 nitrogen and oxygen atoms in total. The molecule has 2 aliphatic heterocycles. The first kappa shape index (κ1) is 20.1. The third-order valence-corrected chi connectivity index (χ3v) is 4.86. The second-order valence-corrected chi connectivity index (χ2v) is 7.29. The van der Waals surface area contributed by atoms with E-state index in [9.17, 15) is 24.6 Å². The van der Waals surface area contributed by atoms with Crippen LogP contribution in [0.15, 0.2) is 0 Å². The number of methoxy groups -OCH3 is 1. The van der Waals surface area contributed by atoms with Crippen LogP contribution in [0.5, 0.6) is 0 Å². The normalized spacial score (nSPS) is 47.7. The van der Waals surface area contributed by atoms with Crippen molar-refractivity contribution in [3.63, 3.8) is 0 Å². The van der Waals surface area contributed by atoms with E-state index in [0.717, 1.165) is 0 Å². The van der Waals surface area contributed by atoms with Gasteiger partial charge in [0.05, 0.1) is 12.4 Å². The van der Waals surface area contributed by atoms with Crippen LogP contribution in [0, 0.1) is 0 Å². The Morgan fingerprint density at radius 3 is 2.08 bits per heavy atom. The lowest BCUT2D eigenvalue weighted by Crippen LogP contribution is -2.61. The zero-order valence-electron chi connectivity index (χ0n) is 13.3. The first-order valence-electron chi connectivity index (χ1n) is 7.42. The van der Waals surface area contributed by atoms with Crippen LogP contribution in [-0.2, 0) is 29.7 Å². The molecule has 5 N–H and O–H groups in total. The van der Waals surface area contributed by atoms with Gasteiger partial charge in [-0.25, -0.2) is 0 Å². The van der Waals surface area contributed by atoms with Gasteiger partial charge >= 0.3 is 0 Å². The third-order valence-electron chi connectivity index (χ3n) is 4.07. The summed E-state index contributed by atoms with van der Waals surface area (Å²) < 4.78 is 32.4. The Bertz CT molecular complexity index is 435. The van der Waals surface area contributed by atoms with Gasteiger partial charge in [-0.3, -0.25) is 4.21 Å². The minimum atomic E-state index is -1.48. The van der Waals surface area contributed by atoms with Crippen molar-refractivity contribution in [3.8, 4) is 0 Å². The summed E-state index contributed by atoms with van der Waals surface area (Å²) >= 11 is 0. The van der Waals surface area contributed by atoms with Crippen LogP contribution in [0.25, 0.3) is 0 Å². The predicted molar refractivity (Wildman–Crippen MR) is 79.3 cm³/mol. The maximum Gasteiger partial charge on any atom is 0.187 e. The minimum Gasteiger partial charge on any atom is -0.394 e. The minimum absolute atomic E-state index is 0.00469. The molecule has 142 valence electrons. The standard InChI is InChI=1S/C13H24O10S/c1-20-13-11(9(17)7(15)5(3-14)21-13)23-12-10(18)8(16)6(22-12)4-24(2)19/h5-18H,3-4H2,1-2H3/t5-,6-,7-,8+,9+,10-,11+,12-,13+,24?/m1/s1. The molecule has 0 aliphatic carbocycles. The van der Waals surface area contributed by atoms with E-state index in [4.69, 9.17) is 24.1 Å². The molecule has 0 aromatic carbocycles. The van der Waals surface area contributed by atoms with Gasteiger partial charge in [-0.05, 0) is 0 Å². The Kier molecular flexibility index (Phi) is 7.08. The number of hydrogen-bond donors (Lipinski definition) is 5. The van der Waals surface area contributed by atoms with Crippen molar-refractivity contribution in [3.05, 3.63) is 0 Å². The van der Waals surface area contributed by atoms with Crippen molar-refractivity contribution in [1.29, 1.82) is 0 Å². The molecule has 11 heteroatoms. The van der Waals surface area contributed by atoms with Crippen molar-refractivity contribution in [1.82, 2.24) is 0 Å². The molecule has 10 atom stereocenters. The first-order chi connectivity index (χ1) is 11.3. The Morgan fingerprint density at radius 2 is 1.54 bits per heavy atom. The molecule has 0 aromatic heterocycles. The van der Waals surface area contributed by atoms with E-state index in [-0.39, 0.29) is 5.75 Å². The Labute approximate surface area is 141 Å². The highest BCUT2D eigenvalue weighted by atomic mass is 32.2. The maximum atomic E-state index is 11.3. The van der Waals surface area contributed by atoms with Crippen LogP contribution >= 0.6 is 0 Å². The maximum absolute atomic E-state index is 11.3. The van der Waals surface area contributed by atoms with Crippen LogP contribution in [0.2, 0.25) is 0 Å². The fourth-order valence-corrected chi connectivity index (χ4v) is 3.48. The van der Waals surface area contributed by atoms with E-state index < -0.39 is 72.7 Å². The molecule has 2 fully saturated rings. The highest BCUT2D eigenvalue weighted by Crippen LogP contribution is 2.29. The summed E-state index contributed by atoms with van der Waals surface area (Å²) in [6.45, 7) is -0.531. The van der Waals surface area contributed by atoms with Crippen molar-refractivity contribution < 1.29 is 48.7 Å². The molecule has 24 heavy (non-hydrogen) atoms. The lowest BCUT2D eigenvalue weighted by Gasteiger charge is -2.42. The van der Waals surface area contributed by atoms with Crippen molar-refractivity contribution in [2.24, 2.45) is 0 Å². The molecule has 0 bridgehead atoms. The molecule has 2 aliphatic rings. The summed E-state index contributed by atoms with van der Waals surface area (Å²) in [6, 6.07) is 0. The predicted octanol–water partition coefficient (Wildman–Crippen LogP) is -3.72. The number of aliphatic hydroxyl groups is 5. The van der Waals surface area contributed by atoms with Gasteiger partial charge in [-0.15, -0.1) is 0 Å². The van der Waals surface area contributed by atoms with Gasteiger partial charge in [0, 0.05) is 24.2 Å². The monoisotopic (exact) mass is 372 g/mol. The van der Waals surface area contributed by atoms with Gasteiger partial charge in [0.2, 0.25) is 0 Å². The highest BCUT2D eigenvalue weighted by molar-refractivity contribution is 7.84. The fourth-order valence-electron chi connectivity index (χ4n) is 2.74. The van der Waals surface area contributed by atoms with Crippen LogP contribution in [-0.4, -0.2) is 111 Å². The Morgan fingerprint density at radius 1 is 0.958 bits per heavy atom. The Hall–Kier alpha value is -0.210. The summed E-state index contributed by atoms with van der Waals surface area (Å²) in [6.07, 6.45) is -9.87. The van der Waals surface area contributed by atoms with Crippen LogP contribution in [0.4, 0.5) is 0 Å². The van der Waals surface area contributed by atoms with E-state index in [1.807, 2.05) is 0 Å². The zero-order valence-corrected chi connectivity index (χ0v) is 14.1. The molecule has 0 saturated carbocycles. The first-order valence-corrected chi connectivity index (χ1v) is 9.15. The summed E-state index contributed by atoms with van der Waals surface area (Å²) in [5, 5.41) is 49.2. The molecular formula is C13H24O10S. The smallest absolute Gasteiger partial charge is 0.187 e. The van der Waals surface area contributed by atoms with E-state index >= 15 is 0 Å². The molecule has 0 spiro atoms. The summed E-state index contributed by atoms with van der Waals surface area (Å²) in [5.74, 6) is 0.00469. The number of ether oxygens (including phenoxy) is 4. The quantitative estimate of drug-likeness (QED) is 0.314. The van der Waals surface area contributed by atoms with E-state index in [1.165, 1.54) is 13.4 Å². The van der Waals surface area contributed by atoms with Gasteiger partial charge in [0.25, 0.3) is 0 Å². The molecule has 2 saturated heterocycles. The Balaban J connectivity index is 2.06. The van der Waals surface area contributed by atoms with Gasteiger partial charge in [0.1, 0.15) is 42.7 Å². The third kappa shape index (κ3) is 4.12. The van der Waals surface area contributed by atoms with Crippen LogP contribution in [0.3, 0.4) is 0 Å². The topological polar surface area (TPSA) is 155 Å². The molecule has 2 heterocycles. The van der Waals surface area contributed by atoms with Crippen molar-refractivity contribution >= 4 is 10.8 Å². The second-order valence-electron chi connectivity index (χ2n) is 5.81. The average molecular weight is 372 g/mol. The fraction of sp³-hybridized carbons (Fsp3) is 1.00. The number of rotatable bonds is 6. The summed E-state index contributed by atoms with van der Waals surface area (Å²) in [7, 11) is 0.0232. The molecule has 0 aromatic rings.